The van der Waals surface area contributed by atoms with Crippen LogP contribution in [0.1, 0.15) is 11.1 Å². The number of hydrogen-bond acceptors (Lipinski definition) is 2. The minimum absolute atomic E-state index is 0.0201. The first kappa shape index (κ1) is 16.5. The fourth-order valence-corrected chi connectivity index (χ4v) is 3.45. The van der Waals surface area contributed by atoms with E-state index < -0.39 is 26.7 Å². The fraction of sp³-hybridized carbons (Fsp3) is 0.125. The van der Waals surface area contributed by atoms with E-state index in [9.17, 15) is 21.6 Å². The van der Waals surface area contributed by atoms with Crippen molar-refractivity contribution in [1.82, 2.24) is 9.71 Å². The normalized spacial score (nSPS) is 12.6. The van der Waals surface area contributed by atoms with E-state index in [1.807, 2.05) is 12.1 Å². The van der Waals surface area contributed by atoms with Gasteiger partial charge in [0.15, 0.2) is 0 Å². The Balaban J connectivity index is 1.86. The molecule has 0 aliphatic heterocycles. The van der Waals surface area contributed by atoms with Gasteiger partial charge in [-0.3, -0.25) is 0 Å². The zero-order chi connectivity index (χ0) is 17.4. The number of alkyl halides is 3. The average molecular weight is 354 g/mol. The summed E-state index contributed by atoms with van der Waals surface area (Å²) in [5.74, 6) is 0. The largest absolute Gasteiger partial charge is 0.416 e. The van der Waals surface area contributed by atoms with Crippen LogP contribution in [0.3, 0.4) is 0 Å². The maximum Gasteiger partial charge on any atom is 0.416 e. The number of halogens is 3. The molecule has 0 aliphatic rings. The standard InChI is InChI=1S/C16H13F3N2O2S/c17-16(18,19)12-4-2-5-13(9-12)24(22,23)21-10-11-3-1-6-15-14(11)7-8-20-15/h1-9,20-21H,10H2. The molecule has 4 nitrogen and oxygen atoms in total. The minimum Gasteiger partial charge on any atom is -0.361 e. The van der Waals surface area contributed by atoms with Gasteiger partial charge in [0.1, 0.15) is 0 Å². The van der Waals surface area contributed by atoms with Crippen molar-refractivity contribution in [3.8, 4) is 0 Å². The fourth-order valence-electron chi connectivity index (χ4n) is 2.40. The predicted octanol–water partition coefficient (Wildman–Crippen LogP) is 3.67. The van der Waals surface area contributed by atoms with Gasteiger partial charge < -0.3 is 4.98 Å². The second-order valence-corrected chi connectivity index (χ2v) is 6.97. The van der Waals surface area contributed by atoms with Gasteiger partial charge in [0, 0.05) is 23.6 Å². The molecule has 0 aliphatic carbocycles. The van der Waals surface area contributed by atoms with Crippen LogP contribution in [0.15, 0.2) is 59.6 Å². The molecule has 0 amide bonds. The third-order valence-corrected chi connectivity index (χ3v) is 5.01. The molecular weight excluding hydrogens is 341 g/mol. The highest BCUT2D eigenvalue weighted by Crippen LogP contribution is 2.30. The molecule has 3 rings (SSSR count). The highest BCUT2D eigenvalue weighted by Gasteiger charge is 2.31. The number of benzene rings is 2. The van der Waals surface area contributed by atoms with E-state index >= 15 is 0 Å². The van der Waals surface area contributed by atoms with Gasteiger partial charge >= 0.3 is 6.18 Å². The van der Waals surface area contributed by atoms with Crippen molar-refractivity contribution in [3.05, 3.63) is 65.9 Å². The number of nitrogens with one attached hydrogen (secondary N) is 2. The molecule has 1 aromatic heterocycles. The lowest BCUT2D eigenvalue weighted by atomic mass is 10.1. The van der Waals surface area contributed by atoms with E-state index in [0.29, 0.717) is 6.07 Å². The number of hydrogen-bond donors (Lipinski definition) is 2. The van der Waals surface area contributed by atoms with E-state index in [4.69, 9.17) is 0 Å². The summed E-state index contributed by atoms with van der Waals surface area (Å²) in [5, 5.41) is 0.851. The summed E-state index contributed by atoms with van der Waals surface area (Å²) in [6.45, 7) is -0.0201. The number of H-pyrrole nitrogens is 1. The second-order valence-electron chi connectivity index (χ2n) is 5.21. The molecule has 0 fully saturated rings. The molecule has 3 aromatic rings. The topological polar surface area (TPSA) is 62.0 Å². The van der Waals surface area contributed by atoms with Crippen LogP contribution in [0.4, 0.5) is 13.2 Å². The Labute approximate surface area is 136 Å². The first-order valence-corrected chi connectivity index (χ1v) is 8.47. The summed E-state index contributed by atoms with van der Waals surface area (Å²) in [4.78, 5) is 2.59. The van der Waals surface area contributed by atoms with Crippen molar-refractivity contribution in [2.45, 2.75) is 17.6 Å². The van der Waals surface area contributed by atoms with Crippen molar-refractivity contribution in [3.63, 3.8) is 0 Å². The minimum atomic E-state index is -4.59. The van der Waals surface area contributed by atoms with Crippen LogP contribution < -0.4 is 4.72 Å². The molecule has 0 atom stereocenters. The first-order valence-electron chi connectivity index (χ1n) is 6.99. The smallest absolute Gasteiger partial charge is 0.361 e. The monoisotopic (exact) mass is 354 g/mol. The summed E-state index contributed by atoms with van der Waals surface area (Å²) in [6, 6.07) is 10.8. The number of sulfonamides is 1. The molecule has 1 heterocycles. The lowest BCUT2D eigenvalue weighted by Crippen LogP contribution is -2.23. The predicted molar refractivity (Wildman–Crippen MR) is 83.8 cm³/mol. The van der Waals surface area contributed by atoms with Crippen molar-refractivity contribution in [2.75, 3.05) is 0 Å². The van der Waals surface area contributed by atoms with Crippen molar-refractivity contribution in [2.24, 2.45) is 0 Å². The Morgan fingerprint density at radius 3 is 2.54 bits per heavy atom. The third kappa shape index (κ3) is 3.29. The van der Waals surface area contributed by atoms with Crippen molar-refractivity contribution < 1.29 is 21.6 Å². The van der Waals surface area contributed by atoms with E-state index in [-0.39, 0.29) is 6.54 Å². The maximum absolute atomic E-state index is 12.7. The summed E-state index contributed by atoms with van der Waals surface area (Å²) >= 11 is 0. The molecule has 0 spiro atoms. The molecular formula is C16H13F3N2O2S. The van der Waals surface area contributed by atoms with E-state index in [1.165, 1.54) is 0 Å². The highest BCUT2D eigenvalue weighted by atomic mass is 32.2. The molecule has 0 bridgehead atoms. The Morgan fingerprint density at radius 2 is 1.79 bits per heavy atom. The number of aromatic amines is 1. The quantitative estimate of drug-likeness (QED) is 0.751. The van der Waals surface area contributed by atoms with E-state index in [1.54, 1.807) is 18.3 Å². The van der Waals surface area contributed by atoms with Crippen LogP contribution in [-0.2, 0) is 22.7 Å². The van der Waals surface area contributed by atoms with Crippen LogP contribution >= 0.6 is 0 Å². The molecule has 0 unspecified atom stereocenters. The maximum atomic E-state index is 12.7. The molecule has 0 saturated heterocycles. The van der Waals surface area contributed by atoms with Gasteiger partial charge in [0.05, 0.1) is 10.5 Å². The molecule has 0 saturated carbocycles. The molecule has 2 N–H and O–H groups in total. The molecule has 0 radical (unpaired) electrons. The van der Waals surface area contributed by atoms with Crippen LogP contribution in [0.2, 0.25) is 0 Å². The summed E-state index contributed by atoms with van der Waals surface area (Å²) in [7, 11) is -4.05. The SMILES string of the molecule is O=S(=O)(NCc1cccc2[nH]ccc12)c1cccc(C(F)(F)F)c1. The Hall–Kier alpha value is -2.32. The van der Waals surface area contributed by atoms with Gasteiger partial charge in [-0.25, -0.2) is 13.1 Å². The van der Waals surface area contributed by atoms with Crippen molar-refractivity contribution in [1.29, 1.82) is 0 Å². The average Bonchev–Trinajstić information content (AvgIpc) is 3.01. The molecule has 8 heteroatoms. The zero-order valence-corrected chi connectivity index (χ0v) is 13.1. The van der Waals surface area contributed by atoms with E-state index in [0.717, 1.165) is 34.7 Å². The Bertz CT molecular complexity index is 978. The van der Waals surface area contributed by atoms with Gasteiger partial charge in [-0.1, -0.05) is 18.2 Å². The van der Waals surface area contributed by atoms with Gasteiger partial charge in [0.2, 0.25) is 10.0 Å². The lowest BCUT2D eigenvalue weighted by molar-refractivity contribution is -0.137. The third-order valence-electron chi connectivity index (χ3n) is 3.61. The Morgan fingerprint density at radius 1 is 1.04 bits per heavy atom. The summed E-state index contributed by atoms with van der Waals surface area (Å²) in [5.41, 5.74) is 0.577. The molecule has 24 heavy (non-hydrogen) atoms. The lowest BCUT2D eigenvalue weighted by Gasteiger charge is -2.11. The first-order chi connectivity index (χ1) is 11.3. The summed E-state index contributed by atoms with van der Waals surface area (Å²) in [6.07, 6.45) is -2.86. The van der Waals surface area contributed by atoms with Gasteiger partial charge in [0.25, 0.3) is 0 Å². The molecule has 2 aromatic carbocycles. The van der Waals surface area contributed by atoms with Gasteiger partial charge in [-0.2, -0.15) is 13.2 Å². The van der Waals surface area contributed by atoms with Crippen molar-refractivity contribution >= 4 is 20.9 Å². The number of fused-ring (bicyclic) bond motifs is 1. The van der Waals surface area contributed by atoms with Crippen LogP contribution in [-0.4, -0.2) is 13.4 Å². The highest BCUT2D eigenvalue weighted by molar-refractivity contribution is 7.89. The van der Waals surface area contributed by atoms with Crippen LogP contribution in [0.5, 0.6) is 0 Å². The van der Waals surface area contributed by atoms with Crippen LogP contribution in [0, 0.1) is 0 Å². The van der Waals surface area contributed by atoms with Gasteiger partial charge in [-0.15, -0.1) is 0 Å². The van der Waals surface area contributed by atoms with Gasteiger partial charge in [-0.05, 0) is 35.9 Å². The van der Waals surface area contributed by atoms with E-state index in [2.05, 4.69) is 9.71 Å². The second kappa shape index (κ2) is 5.95. The Kier molecular flexibility index (Phi) is 4.10. The molecule has 126 valence electrons. The zero-order valence-electron chi connectivity index (χ0n) is 12.3. The van der Waals surface area contributed by atoms with Crippen LogP contribution in [0.25, 0.3) is 10.9 Å². The number of rotatable bonds is 4. The number of aromatic nitrogens is 1. The summed E-state index contributed by atoms with van der Waals surface area (Å²) < 4.78 is 65.1.